The average Bonchev–Trinajstić information content (AvgIpc) is 2.75. The van der Waals surface area contributed by atoms with Crippen molar-refractivity contribution in [1.82, 2.24) is 0 Å². The molecule has 3 nitrogen and oxygen atoms in total. The van der Waals surface area contributed by atoms with Crippen LogP contribution < -0.4 is 0 Å². The van der Waals surface area contributed by atoms with Crippen LogP contribution >= 0.6 is 0 Å². The Kier molecular flexibility index (Phi) is 7.34. The van der Waals surface area contributed by atoms with E-state index in [0.717, 1.165) is 11.1 Å². The van der Waals surface area contributed by atoms with E-state index in [-0.39, 0.29) is 6.04 Å². The van der Waals surface area contributed by atoms with Crippen molar-refractivity contribution < 1.29 is 9.47 Å². The van der Waals surface area contributed by atoms with E-state index in [9.17, 15) is 0 Å². The van der Waals surface area contributed by atoms with E-state index >= 15 is 0 Å². The van der Waals surface area contributed by atoms with Crippen molar-refractivity contribution in [1.29, 1.82) is 0 Å². The molecule has 0 amide bonds. The molecule has 0 radical (unpaired) electrons. The molecule has 3 aromatic carbocycles. The number of nitrogens with zero attached hydrogens (tertiary/aromatic N) is 1. The molecule has 1 atom stereocenters. The molecule has 0 N–H and O–H groups in total. The third-order valence-electron chi connectivity index (χ3n) is 4.23. The standard InChI is InChI=1S/C24H25NO2/c1-20(23-15-9-4-10-16-23)25-17-24(26-18-21-11-5-2-6-12-21)27-19-22-13-7-3-8-14-22/h2-17,20,24H,18-19H2,1H3/t20-/m1/s1. The molecule has 0 aliphatic rings. The molecule has 0 unspecified atom stereocenters. The lowest BCUT2D eigenvalue weighted by Gasteiger charge is -2.16. The molecule has 0 aliphatic heterocycles. The van der Waals surface area contributed by atoms with Gasteiger partial charge in [-0.3, -0.25) is 4.99 Å². The highest BCUT2D eigenvalue weighted by Crippen LogP contribution is 2.16. The fourth-order valence-corrected chi connectivity index (χ4v) is 2.66. The van der Waals surface area contributed by atoms with Crippen LogP contribution in [0.25, 0.3) is 0 Å². The third-order valence-corrected chi connectivity index (χ3v) is 4.23. The summed E-state index contributed by atoms with van der Waals surface area (Å²) in [5.41, 5.74) is 3.38. The lowest BCUT2D eigenvalue weighted by Crippen LogP contribution is -2.19. The molecule has 3 rings (SSSR count). The molecule has 3 heteroatoms. The summed E-state index contributed by atoms with van der Waals surface area (Å²) in [5, 5.41) is 0. The maximum atomic E-state index is 5.96. The predicted molar refractivity (Wildman–Crippen MR) is 110 cm³/mol. The topological polar surface area (TPSA) is 30.8 Å². The van der Waals surface area contributed by atoms with Gasteiger partial charge in [0, 0.05) is 0 Å². The van der Waals surface area contributed by atoms with Crippen molar-refractivity contribution >= 4 is 6.21 Å². The van der Waals surface area contributed by atoms with Gasteiger partial charge in [-0.25, -0.2) is 0 Å². The second-order valence-electron chi connectivity index (χ2n) is 6.35. The number of ether oxygens (including phenoxy) is 2. The molecule has 0 saturated heterocycles. The normalized spacial score (nSPS) is 12.5. The summed E-state index contributed by atoms with van der Waals surface area (Å²) >= 11 is 0. The van der Waals surface area contributed by atoms with Crippen LogP contribution in [0.4, 0.5) is 0 Å². The van der Waals surface area contributed by atoms with Crippen LogP contribution in [0.15, 0.2) is 96.0 Å². The van der Waals surface area contributed by atoms with Crippen LogP contribution in [-0.2, 0) is 22.7 Å². The van der Waals surface area contributed by atoms with Crippen LogP contribution in [0.3, 0.4) is 0 Å². The number of hydrogen-bond acceptors (Lipinski definition) is 3. The quantitative estimate of drug-likeness (QED) is 0.369. The highest BCUT2D eigenvalue weighted by Gasteiger charge is 2.09. The van der Waals surface area contributed by atoms with Crippen LogP contribution in [0.2, 0.25) is 0 Å². The van der Waals surface area contributed by atoms with Gasteiger partial charge in [-0.2, -0.15) is 0 Å². The molecule has 27 heavy (non-hydrogen) atoms. The van der Waals surface area contributed by atoms with Gasteiger partial charge in [0.05, 0.1) is 25.5 Å². The monoisotopic (exact) mass is 359 g/mol. The zero-order valence-corrected chi connectivity index (χ0v) is 15.6. The van der Waals surface area contributed by atoms with Crippen molar-refractivity contribution in [3.05, 3.63) is 108 Å². The molecule has 0 heterocycles. The summed E-state index contributed by atoms with van der Waals surface area (Å²) in [4.78, 5) is 4.64. The van der Waals surface area contributed by atoms with Gasteiger partial charge in [-0.15, -0.1) is 0 Å². The van der Waals surface area contributed by atoms with Gasteiger partial charge in [-0.05, 0) is 23.6 Å². The third kappa shape index (κ3) is 6.48. The van der Waals surface area contributed by atoms with E-state index in [0.29, 0.717) is 13.2 Å². The van der Waals surface area contributed by atoms with Gasteiger partial charge in [0.1, 0.15) is 0 Å². The predicted octanol–water partition coefficient (Wildman–Crippen LogP) is 5.58. The maximum absolute atomic E-state index is 5.96. The first-order chi connectivity index (χ1) is 13.3. The summed E-state index contributed by atoms with van der Waals surface area (Å²) in [6.07, 6.45) is 1.26. The zero-order chi connectivity index (χ0) is 18.7. The van der Waals surface area contributed by atoms with Crippen LogP contribution in [0.5, 0.6) is 0 Å². The Hall–Kier alpha value is -2.75. The SMILES string of the molecule is C[C@@H](N=CC(OCc1ccccc1)OCc1ccccc1)c1ccccc1. The first-order valence-corrected chi connectivity index (χ1v) is 9.20. The Morgan fingerprint density at radius 3 is 1.63 bits per heavy atom. The van der Waals surface area contributed by atoms with Crippen LogP contribution in [0, 0.1) is 0 Å². The largest absolute Gasteiger partial charge is 0.343 e. The Morgan fingerprint density at radius 2 is 1.15 bits per heavy atom. The van der Waals surface area contributed by atoms with Gasteiger partial charge in [-0.1, -0.05) is 91.0 Å². The van der Waals surface area contributed by atoms with E-state index in [1.807, 2.05) is 78.9 Å². The van der Waals surface area contributed by atoms with Crippen molar-refractivity contribution in [2.75, 3.05) is 0 Å². The molecular formula is C24H25NO2. The molecule has 0 spiro atoms. The Morgan fingerprint density at radius 1 is 0.704 bits per heavy atom. The minimum Gasteiger partial charge on any atom is -0.343 e. The fourth-order valence-electron chi connectivity index (χ4n) is 2.66. The molecular weight excluding hydrogens is 334 g/mol. The van der Waals surface area contributed by atoms with Crippen molar-refractivity contribution in [3.8, 4) is 0 Å². The minimum atomic E-state index is -0.503. The smallest absolute Gasteiger partial charge is 0.194 e. The Labute approximate surface area is 161 Å². The van der Waals surface area contributed by atoms with Crippen molar-refractivity contribution in [2.24, 2.45) is 4.99 Å². The lowest BCUT2D eigenvalue weighted by molar-refractivity contribution is -0.110. The summed E-state index contributed by atoms with van der Waals surface area (Å²) < 4.78 is 11.9. The Balaban J connectivity index is 1.63. The molecule has 0 aromatic heterocycles. The van der Waals surface area contributed by atoms with E-state index in [4.69, 9.17) is 9.47 Å². The van der Waals surface area contributed by atoms with Gasteiger partial charge >= 0.3 is 0 Å². The van der Waals surface area contributed by atoms with Crippen molar-refractivity contribution in [2.45, 2.75) is 32.5 Å². The summed E-state index contributed by atoms with van der Waals surface area (Å²) in [6.45, 7) is 3.02. The second-order valence-corrected chi connectivity index (χ2v) is 6.35. The fraction of sp³-hybridized carbons (Fsp3) is 0.208. The van der Waals surface area contributed by atoms with E-state index in [2.05, 4.69) is 24.0 Å². The van der Waals surface area contributed by atoms with E-state index < -0.39 is 6.29 Å². The highest BCUT2D eigenvalue weighted by atomic mass is 16.7. The van der Waals surface area contributed by atoms with E-state index in [1.54, 1.807) is 6.21 Å². The summed E-state index contributed by atoms with van der Waals surface area (Å²) in [5.74, 6) is 0. The van der Waals surface area contributed by atoms with Crippen LogP contribution in [-0.4, -0.2) is 12.5 Å². The second kappa shape index (κ2) is 10.4. The lowest BCUT2D eigenvalue weighted by atomic mass is 10.1. The number of rotatable bonds is 9. The number of benzene rings is 3. The zero-order valence-electron chi connectivity index (χ0n) is 15.6. The van der Waals surface area contributed by atoms with Crippen LogP contribution in [0.1, 0.15) is 29.7 Å². The summed E-state index contributed by atoms with van der Waals surface area (Å²) in [6, 6.07) is 30.4. The number of aliphatic imine (C=N–C) groups is 1. The Bertz CT molecular complexity index is 760. The highest BCUT2D eigenvalue weighted by molar-refractivity contribution is 5.61. The van der Waals surface area contributed by atoms with Gasteiger partial charge in [0.2, 0.25) is 0 Å². The molecule has 0 aliphatic carbocycles. The minimum absolute atomic E-state index is 0.0503. The van der Waals surface area contributed by atoms with Gasteiger partial charge in [0.15, 0.2) is 6.29 Å². The molecule has 0 fully saturated rings. The number of hydrogen-bond donors (Lipinski definition) is 0. The molecule has 3 aromatic rings. The summed E-state index contributed by atoms with van der Waals surface area (Å²) in [7, 11) is 0. The van der Waals surface area contributed by atoms with E-state index in [1.165, 1.54) is 5.56 Å². The average molecular weight is 359 g/mol. The first-order valence-electron chi connectivity index (χ1n) is 9.20. The van der Waals surface area contributed by atoms with Crippen molar-refractivity contribution in [3.63, 3.8) is 0 Å². The maximum Gasteiger partial charge on any atom is 0.194 e. The molecule has 0 bridgehead atoms. The molecule has 0 saturated carbocycles. The van der Waals surface area contributed by atoms with Gasteiger partial charge < -0.3 is 9.47 Å². The van der Waals surface area contributed by atoms with Gasteiger partial charge in [0.25, 0.3) is 0 Å². The molecule has 138 valence electrons. The first kappa shape index (κ1) is 19.0.